The van der Waals surface area contributed by atoms with Crippen molar-refractivity contribution in [3.8, 4) is 0 Å². The van der Waals surface area contributed by atoms with Crippen LogP contribution in [-0.2, 0) is 6.54 Å². The minimum absolute atomic E-state index is 0.786. The zero-order chi connectivity index (χ0) is 13.4. The highest BCUT2D eigenvalue weighted by Crippen LogP contribution is 2.07. The van der Waals surface area contributed by atoms with Gasteiger partial charge in [-0.05, 0) is 33.6 Å². The Hall–Kier alpha value is -1.20. The van der Waals surface area contributed by atoms with Gasteiger partial charge in [-0.25, -0.2) is 4.98 Å². The summed E-state index contributed by atoms with van der Waals surface area (Å²) in [4.78, 5) is 13.2. The van der Waals surface area contributed by atoms with Crippen molar-refractivity contribution >= 4 is 5.82 Å². The van der Waals surface area contributed by atoms with Crippen LogP contribution in [-0.4, -0.2) is 55.6 Å². The Kier molecular flexibility index (Phi) is 6.60. The maximum Gasteiger partial charge on any atom is 0.146 e. The minimum Gasteiger partial charge on any atom is -0.358 e. The van der Waals surface area contributed by atoms with Crippen LogP contribution in [0.25, 0.3) is 0 Å². The lowest BCUT2D eigenvalue weighted by molar-refractivity contribution is 0.401. The monoisotopic (exact) mass is 251 g/mol. The number of aromatic nitrogens is 2. The first-order chi connectivity index (χ1) is 8.63. The van der Waals surface area contributed by atoms with Gasteiger partial charge in [0, 0.05) is 20.1 Å². The second kappa shape index (κ2) is 8.00. The Bertz CT molecular complexity index is 323. The molecule has 0 aliphatic heterocycles. The average Bonchev–Trinajstić information content (AvgIpc) is 2.36. The van der Waals surface area contributed by atoms with Crippen molar-refractivity contribution in [3.63, 3.8) is 0 Å². The quantitative estimate of drug-likeness (QED) is 0.746. The lowest BCUT2D eigenvalue weighted by Gasteiger charge is -2.19. The van der Waals surface area contributed by atoms with Crippen LogP contribution >= 0.6 is 0 Å². The summed E-state index contributed by atoms with van der Waals surface area (Å²) < 4.78 is 0. The molecular weight excluding hydrogens is 226 g/mol. The molecular formula is C13H25N5. The fourth-order valence-corrected chi connectivity index (χ4v) is 1.63. The van der Waals surface area contributed by atoms with Crippen LogP contribution in [0.5, 0.6) is 0 Å². The molecule has 0 amide bonds. The maximum atomic E-state index is 4.44. The molecule has 1 rings (SSSR count). The van der Waals surface area contributed by atoms with E-state index in [1.54, 1.807) is 0 Å². The van der Waals surface area contributed by atoms with Gasteiger partial charge in [-0.2, -0.15) is 0 Å². The summed E-state index contributed by atoms with van der Waals surface area (Å²) in [6, 6.07) is 0. The first-order valence-electron chi connectivity index (χ1n) is 6.51. The largest absolute Gasteiger partial charge is 0.358 e. The summed E-state index contributed by atoms with van der Waals surface area (Å²) in [6.07, 6.45) is 4.83. The smallest absolute Gasteiger partial charge is 0.146 e. The van der Waals surface area contributed by atoms with Gasteiger partial charge in [0.05, 0.1) is 18.1 Å². The molecule has 18 heavy (non-hydrogen) atoms. The molecule has 102 valence electrons. The summed E-state index contributed by atoms with van der Waals surface area (Å²) >= 11 is 0. The van der Waals surface area contributed by atoms with Crippen LogP contribution in [0.15, 0.2) is 12.4 Å². The molecule has 0 bridgehead atoms. The molecule has 0 unspecified atom stereocenters. The molecule has 5 nitrogen and oxygen atoms in total. The van der Waals surface area contributed by atoms with E-state index < -0.39 is 0 Å². The molecule has 1 aromatic rings. The maximum absolute atomic E-state index is 4.44. The van der Waals surface area contributed by atoms with Crippen LogP contribution in [0.4, 0.5) is 5.82 Å². The van der Waals surface area contributed by atoms with Crippen molar-refractivity contribution in [1.82, 2.24) is 20.2 Å². The number of nitrogens with one attached hydrogen (secondary N) is 1. The van der Waals surface area contributed by atoms with Gasteiger partial charge >= 0.3 is 0 Å². The van der Waals surface area contributed by atoms with Crippen LogP contribution in [0.1, 0.15) is 19.0 Å². The highest BCUT2D eigenvalue weighted by Gasteiger charge is 2.03. The summed E-state index contributed by atoms with van der Waals surface area (Å²) in [5, 5.41) is 3.24. The van der Waals surface area contributed by atoms with E-state index >= 15 is 0 Å². The van der Waals surface area contributed by atoms with E-state index in [4.69, 9.17) is 0 Å². The topological polar surface area (TPSA) is 44.3 Å². The molecule has 1 heterocycles. The SMILES string of the molecule is CCNCc1cnc(N(C)CCCN(C)C)cn1. The normalized spacial score (nSPS) is 10.9. The van der Waals surface area contributed by atoms with Gasteiger partial charge in [-0.3, -0.25) is 4.98 Å². The molecule has 0 aromatic carbocycles. The number of hydrogen-bond donors (Lipinski definition) is 1. The van der Waals surface area contributed by atoms with Crippen molar-refractivity contribution in [3.05, 3.63) is 18.1 Å². The molecule has 0 spiro atoms. The van der Waals surface area contributed by atoms with Crippen molar-refractivity contribution in [2.45, 2.75) is 19.9 Å². The third-order valence-electron chi connectivity index (χ3n) is 2.74. The molecule has 0 atom stereocenters. The lowest BCUT2D eigenvalue weighted by Crippen LogP contribution is -2.24. The van der Waals surface area contributed by atoms with Gasteiger partial charge in [0.2, 0.25) is 0 Å². The average molecular weight is 251 g/mol. The van der Waals surface area contributed by atoms with Gasteiger partial charge in [0.25, 0.3) is 0 Å². The van der Waals surface area contributed by atoms with Crippen LogP contribution in [0.3, 0.4) is 0 Å². The number of rotatable bonds is 8. The van der Waals surface area contributed by atoms with Crippen molar-refractivity contribution in [1.29, 1.82) is 0 Å². The predicted molar refractivity (Wildman–Crippen MR) is 75.9 cm³/mol. The summed E-state index contributed by atoms with van der Waals surface area (Å²) in [6.45, 7) is 5.91. The fourth-order valence-electron chi connectivity index (χ4n) is 1.63. The Morgan fingerprint density at radius 3 is 2.44 bits per heavy atom. The Labute approximate surface area is 110 Å². The third kappa shape index (κ3) is 5.42. The van der Waals surface area contributed by atoms with E-state index in [0.29, 0.717) is 0 Å². The van der Waals surface area contributed by atoms with Crippen LogP contribution in [0.2, 0.25) is 0 Å². The number of anilines is 1. The summed E-state index contributed by atoms with van der Waals surface area (Å²) in [5.74, 6) is 0.939. The summed E-state index contributed by atoms with van der Waals surface area (Å²) in [7, 11) is 6.24. The number of hydrogen-bond acceptors (Lipinski definition) is 5. The molecule has 0 saturated heterocycles. The molecule has 0 aliphatic rings. The van der Waals surface area contributed by atoms with E-state index in [1.165, 1.54) is 0 Å². The minimum atomic E-state index is 0.786. The second-order valence-electron chi connectivity index (χ2n) is 4.72. The fraction of sp³-hybridized carbons (Fsp3) is 0.692. The molecule has 1 aromatic heterocycles. The third-order valence-corrected chi connectivity index (χ3v) is 2.74. The zero-order valence-corrected chi connectivity index (χ0v) is 12.0. The van der Waals surface area contributed by atoms with E-state index in [1.807, 2.05) is 12.4 Å². The van der Waals surface area contributed by atoms with Gasteiger partial charge in [-0.1, -0.05) is 6.92 Å². The molecule has 0 fully saturated rings. The first kappa shape index (κ1) is 14.9. The van der Waals surface area contributed by atoms with E-state index in [-0.39, 0.29) is 0 Å². The van der Waals surface area contributed by atoms with Gasteiger partial charge < -0.3 is 15.1 Å². The molecule has 5 heteroatoms. The Morgan fingerprint density at radius 1 is 1.11 bits per heavy atom. The summed E-state index contributed by atoms with van der Waals surface area (Å²) in [5.41, 5.74) is 0.988. The van der Waals surface area contributed by atoms with Crippen molar-refractivity contribution in [2.75, 3.05) is 45.7 Å². The molecule has 0 aliphatic carbocycles. The Morgan fingerprint density at radius 2 is 1.89 bits per heavy atom. The second-order valence-corrected chi connectivity index (χ2v) is 4.72. The number of nitrogens with zero attached hydrogens (tertiary/aromatic N) is 4. The molecule has 0 saturated carbocycles. The standard InChI is InChI=1S/C13H25N5/c1-5-14-9-12-10-16-13(11-15-12)18(4)8-6-7-17(2)3/h10-11,14H,5-9H2,1-4H3. The van der Waals surface area contributed by atoms with Crippen LogP contribution in [0, 0.1) is 0 Å². The molecule has 1 N–H and O–H groups in total. The highest BCUT2D eigenvalue weighted by molar-refractivity contribution is 5.34. The lowest BCUT2D eigenvalue weighted by atomic mass is 10.3. The van der Waals surface area contributed by atoms with Crippen molar-refractivity contribution in [2.24, 2.45) is 0 Å². The zero-order valence-electron chi connectivity index (χ0n) is 12.0. The van der Waals surface area contributed by atoms with Gasteiger partial charge in [0.15, 0.2) is 0 Å². The van der Waals surface area contributed by atoms with E-state index in [9.17, 15) is 0 Å². The molecule has 0 radical (unpaired) electrons. The van der Waals surface area contributed by atoms with Gasteiger partial charge in [-0.15, -0.1) is 0 Å². The van der Waals surface area contributed by atoms with Crippen LogP contribution < -0.4 is 10.2 Å². The van der Waals surface area contributed by atoms with E-state index in [0.717, 1.165) is 44.1 Å². The van der Waals surface area contributed by atoms with Gasteiger partial charge in [0.1, 0.15) is 5.82 Å². The predicted octanol–water partition coefficient (Wildman–Crippen LogP) is 0.974. The highest BCUT2D eigenvalue weighted by atomic mass is 15.2. The Balaban J connectivity index is 2.40. The van der Waals surface area contributed by atoms with E-state index in [2.05, 4.69) is 53.2 Å². The first-order valence-corrected chi connectivity index (χ1v) is 6.51. The van der Waals surface area contributed by atoms with Crippen molar-refractivity contribution < 1.29 is 0 Å².